The molecule has 144 valence electrons. The number of carbonyl (C=O) groups excluding carboxylic acids is 1. The molecule has 3 N–H and O–H groups in total. The average Bonchev–Trinajstić information content (AvgIpc) is 2.74. The monoisotopic (exact) mass is 403 g/mol. The molecule has 0 spiro atoms. The Hall–Kier alpha value is -3.51. The number of benzene rings is 2. The summed E-state index contributed by atoms with van der Waals surface area (Å²) in [4.78, 5) is 25.9. The normalized spacial score (nSPS) is 10.8. The number of nitrogen functional groups attached to an aromatic ring is 1. The number of pyridine rings is 1. The molecule has 6 nitrogen and oxygen atoms in total. The molecule has 0 saturated heterocycles. The van der Waals surface area contributed by atoms with Crippen molar-refractivity contribution in [1.29, 1.82) is 0 Å². The van der Waals surface area contributed by atoms with E-state index >= 15 is 0 Å². The minimum atomic E-state index is -0.369. The molecule has 0 fully saturated rings. The topological polar surface area (TPSA) is 93.8 Å². The third-order valence-corrected chi connectivity index (χ3v) is 4.74. The number of aromatic nitrogens is 3. The van der Waals surface area contributed by atoms with Crippen molar-refractivity contribution in [1.82, 2.24) is 20.3 Å². The smallest absolute Gasteiger partial charge is 0.273 e. The van der Waals surface area contributed by atoms with Gasteiger partial charge in [0.25, 0.3) is 5.91 Å². The van der Waals surface area contributed by atoms with Crippen LogP contribution in [-0.4, -0.2) is 27.4 Å². The first-order valence-electron chi connectivity index (χ1n) is 9.14. The van der Waals surface area contributed by atoms with Crippen LogP contribution < -0.4 is 11.1 Å². The van der Waals surface area contributed by atoms with Crippen molar-refractivity contribution >= 4 is 34.2 Å². The molecule has 4 aromatic rings. The van der Waals surface area contributed by atoms with Gasteiger partial charge in [0.1, 0.15) is 0 Å². The van der Waals surface area contributed by atoms with Crippen LogP contribution in [0.25, 0.3) is 33.4 Å². The van der Waals surface area contributed by atoms with Gasteiger partial charge >= 0.3 is 0 Å². The summed E-state index contributed by atoms with van der Waals surface area (Å²) in [5.74, 6) is -0.293. The van der Waals surface area contributed by atoms with Crippen molar-refractivity contribution in [2.45, 2.75) is 6.92 Å². The van der Waals surface area contributed by atoms with Crippen molar-refractivity contribution in [3.05, 3.63) is 71.5 Å². The zero-order valence-corrected chi connectivity index (χ0v) is 16.4. The quantitative estimate of drug-likeness (QED) is 0.528. The lowest BCUT2D eigenvalue weighted by molar-refractivity contribution is 0.0951. The fraction of sp³-hybridized carbons (Fsp3) is 0.0909. The highest BCUT2D eigenvalue weighted by molar-refractivity contribution is 6.35. The van der Waals surface area contributed by atoms with Gasteiger partial charge in [0.15, 0.2) is 11.5 Å². The maximum Gasteiger partial charge on any atom is 0.273 e. The average molecular weight is 404 g/mol. The highest BCUT2D eigenvalue weighted by Crippen LogP contribution is 2.34. The van der Waals surface area contributed by atoms with Crippen LogP contribution in [0.3, 0.4) is 0 Å². The number of amides is 1. The number of hydrogen-bond acceptors (Lipinski definition) is 5. The summed E-state index contributed by atoms with van der Waals surface area (Å²) < 4.78 is 0. The molecule has 2 aromatic carbocycles. The second-order valence-corrected chi connectivity index (χ2v) is 6.82. The predicted octanol–water partition coefficient (Wildman–Crippen LogP) is 4.34. The maximum atomic E-state index is 12.4. The number of rotatable bonds is 4. The minimum absolute atomic E-state index is 0.0760. The molecule has 2 aromatic heterocycles. The molecule has 0 unspecified atom stereocenters. The van der Waals surface area contributed by atoms with E-state index in [1.54, 1.807) is 12.3 Å². The zero-order chi connectivity index (χ0) is 20.4. The lowest BCUT2D eigenvalue weighted by atomic mass is 10.0. The van der Waals surface area contributed by atoms with Crippen LogP contribution in [0.5, 0.6) is 0 Å². The number of carbonyl (C=O) groups is 1. The van der Waals surface area contributed by atoms with Crippen molar-refractivity contribution in [3.63, 3.8) is 0 Å². The second kappa shape index (κ2) is 7.85. The molecule has 0 bridgehead atoms. The summed E-state index contributed by atoms with van der Waals surface area (Å²) in [6.07, 6.45) is 1.69. The summed E-state index contributed by atoms with van der Waals surface area (Å²) in [7, 11) is 0. The van der Waals surface area contributed by atoms with E-state index in [9.17, 15) is 4.79 Å². The summed E-state index contributed by atoms with van der Waals surface area (Å²) in [5.41, 5.74) is 9.55. The van der Waals surface area contributed by atoms with Crippen LogP contribution in [0, 0.1) is 0 Å². The number of nitrogens with zero attached hydrogens (tertiary/aromatic N) is 3. The first-order chi connectivity index (χ1) is 14.1. The highest BCUT2D eigenvalue weighted by atomic mass is 35.5. The molecular formula is C22H18ClN5O. The number of nitrogens with one attached hydrogen (secondary N) is 1. The van der Waals surface area contributed by atoms with E-state index in [0.717, 1.165) is 16.5 Å². The Morgan fingerprint density at radius 3 is 2.55 bits per heavy atom. The largest absolute Gasteiger partial charge is 0.382 e. The van der Waals surface area contributed by atoms with Gasteiger partial charge in [-0.25, -0.2) is 9.97 Å². The molecule has 0 saturated carbocycles. The third kappa shape index (κ3) is 3.62. The van der Waals surface area contributed by atoms with E-state index in [4.69, 9.17) is 17.3 Å². The zero-order valence-electron chi connectivity index (χ0n) is 15.7. The molecule has 0 atom stereocenters. The van der Waals surface area contributed by atoms with E-state index in [-0.39, 0.29) is 17.4 Å². The molecule has 0 radical (unpaired) electrons. The summed E-state index contributed by atoms with van der Waals surface area (Å²) in [6, 6.07) is 17.1. The fourth-order valence-electron chi connectivity index (χ4n) is 3.14. The first-order valence-corrected chi connectivity index (χ1v) is 9.52. The third-order valence-electron chi connectivity index (χ3n) is 4.45. The van der Waals surface area contributed by atoms with Crippen LogP contribution in [0.2, 0.25) is 5.02 Å². The molecule has 0 aliphatic carbocycles. The Bertz CT molecular complexity index is 1210. The van der Waals surface area contributed by atoms with Gasteiger partial charge in [0, 0.05) is 29.3 Å². The van der Waals surface area contributed by atoms with Gasteiger partial charge in [0.05, 0.1) is 21.9 Å². The van der Waals surface area contributed by atoms with Gasteiger partial charge in [-0.2, -0.15) is 0 Å². The van der Waals surface area contributed by atoms with E-state index in [2.05, 4.69) is 20.3 Å². The van der Waals surface area contributed by atoms with Gasteiger partial charge in [-0.15, -0.1) is 0 Å². The van der Waals surface area contributed by atoms with E-state index < -0.39 is 0 Å². The standard InChI is InChI=1S/C22H18ClN5O/c1-2-25-22(29)20-21(24)28-18(13-7-4-3-5-8-13)19(27-20)15-11-14-9-6-10-26-17(14)16(23)12-15/h3-12H,2H2,1H3,(H2,24,28)(H,25,29). The Morgan fingerprint density at radius 1 is 1.03 bits per heavy atom. The number of anilines is 1. The van der Waals surface area contributed by atoms with Gasteiger partial charge in [-0.05, 0) is 25.1 Å². The Kier molecular flexibility index (Phi) is 5.10. The van der Waals surface area contributed by atoms with Crippen molar-refractivity contribution in [2.24, 2.45) is 0 Å². The van der Waals surface area contributed by atoms with Crippen LogP contribution in [0.1, 0.15) is 17.4 Å². The molecule has 2 heterocycles. The maximum absolute atomic E-state index is 12.4. The molecule has 4 rings (SSSR count). The Morgan fingerprint density at radius 2 is 1.79 bits per heavy atom. The van der Waals surface area contributed by atoms with Crippen molar-refractivity contribution in [2.75, 3.05) is 12.3 Å². The van der Waals surface area contributed by atoms with Gasteiger partial charge in [-0.3, -0.25) is 9.78 Å². The Balaban J connectivity index is 1.99. The van der Waals surface area contributed by atoms with E-state index in [1.807, 2.05) is 55.5 Å². The van der Waals surface area contributed by atoms with E-state index in [0.29, 0.717) is 28.5 Å². The van der Waals surface area contributed by atoms with Gasteiger partial charge in [0.2, 0.25) is 0 Å². The molecule has 7 heteroatoms. The van der Waals surface area contributed by atoms with Crippen LogP contribution in [0.15, 0.2) is 60.8 Å². The fourth-order valence-corrected chi connectivity index (χ4v) is 3.42. The molecular weight excluding hydrogens is 386 g/mol. The summed E-state index contributed by atoms with van der Waals surface area (Å²) >= 11 is 6.48. The number of halogens is 1. The lowest BCUT2D eigenvalue weighted by Gasteiger charge is -2.14. The minimum Gasteiger partial charge on any atom is -0.382 e. The van der Waals surface area contributed by atoms with Gasteiger partial charge in [-0.1, -0.05) is 48.0 Å². The molecule has 1 amide bonds. The first kappa shape index (κ1) is 18.8. The van der Waals surface area contributed by atoms with Crippen molar-refractivity contribution in [3.8, 4) is 22.5 Å². The molecule has 0 aliphatic rings. The lowest BCUT2D eigenvalue weighted by Crippen LogP contribution is -2.25. The molecule has 29 heavy (non-hydrogen) atoms. The predicted molar refractivity (Wildman–Crippen MR) is 116 cm³/mol. The van der Waals surface area contributed by atoms with E-state index in [1.165, 1.54) is 0 Å². The van der Waals surface area contributed by atoms with Gasteiger partial charge < -0.3 is 11.1 Å². The number of fused-ring (bicyclic) bond motifs is 1. The summed E-state index contributed by atoms with van der Waals surface area (Å²) in [5, 5.41) is 4.09. The number of hydrogen-bond donors (Lipinski definition) is 2. The Labute approximate surface area is 172 Å². The number of nitrogens with two attached hydrogens (primary N) is 1. The van der Waals surface area contributed by atoms with Crippen molar-refractivity contribution < 1.29 is 4.79 Å². The summed E-state index contributed by atoms with van der Waals surface area (Å²) in [6.45, 7) is 2.29. The second-order valence-electron chi connectivity index (χ2n) is 6.41. The van der Waals surface area contributed by atoms with Crippen LogP contribution in [0.4, 0.5) is 5.82 Å². The molecule has 0 aliphatic heterocycles. The van der Waals surface area contributed by atoms with Crippen LogP contribution in [-0.2, 0) is 0 Å². The highest BCUT2D eigenvalue weighted by Gasteiger charge is 2.20. The SMILES string of the molecule is CCNC(=O)c1nc(-c2cc(Cl)c3ncccc3c2)c(-c2ccccc2)nc1N. The van der Waals surface area contributed by atoms with Crippen LogP contribution >= 0.6 is 11.6 Å².